The molecule has 1 aromatic rings. The molecule has 22 heavy (non-hydrogen) atoms. The minimum atomic E-state index is -1.23. The van der Waals surface area contributed by atoms with Crippen molar-refractivity contribution < 1.29 is 29.7 Å². The van der Waals surface area contributed by atoms with Crippen molar-refractivity contribution in [2.24, 2.45) is 0 Å². The summed E-state index contributed by atoms with van der Waals surface area (Å²) in [4.78, 5) is 27.4. The van der Waals surface area contributed by atoms with Crippen molar-refractivity contribution in [2.45, 2.75) is 0 Å². The van der Waals surface area contributed by atoms with Gasteiger partial charge in [0.1, 0.15) is 0 Å². The Morgan fingerprint density at radius 1 is 0.773 bits per heavy atom. The van der Waals surface area contributed by atoms with E-state index in [4.69, 9.17) is 29.7 Å². The van der Waals surface area contributed by atoms with Crippen molar-refractivity contribution >= 4 is 33.3 Å². The number of carbonyl (C=O) groups is 3. The number of carboxylic acids is 3. The zero-order chi connectivity index (χ0) is 18.0. The maximum atomic E-state index is 9.14. The van der Waals surface area contributed by atoms with Crippen LogP contribution in [0.3, 0.4) is 0 Å². The van der Waals surface area contributed by atoms with Gasteiger partial charge >= 0.3 is 45.8 Å². The van der Waals surface area contributed by atoms with Gasteiger partial charge in [-0.2, -0.15) is 0 Å². The van der Waals surface area contributed by atoms with E-state index in [0.717, 1.165) is 23.4 Å². The average molecular weight is 318 g/mol. The summed E-state index contributed by atoms with van der Waals surface area (Å²) >= 11 is 0. The molecule has 0 aliphatic heterocycles. The van der Waals surface area contributed by atoms with Crippen LogP contribution >= 0.6 is 0 Å². The summed E-state index contributed by atoms with van der Waals surface area (Å²) in [7, 11) is 3.36. The summed E-state index contributed by atoms with van der Waals surface area (Å²) < 4.78 is 0. The summed E-state index contributed by atoms with van der Waals surface area (Å²) in [5.41, 5.74) is 0. The van der Waals surface area contributed by atoms with Gasteiger partial charge in [0.15, 0.2) is 0 Å². The minimum absolute atomic E-state index is 0.722. The van der Waals surface area contributed by atoms with Crippen LogP contribution in [0, 0.1) is 0 Å². The molecule has 0 aliphatic carbocycles. The van der Waals surface area contributed by atoms with Crippen LogP contribution < -0.4 is 20.5 Å². The van der Waals surface area contributed by atoms with Crippen LogP contribution in [0.1, 0.15) is 0 Å². The second-order valence-corrected chi connectivity index (χ2v) is 3.51. The van der Waals surface area contributed by atoms with Gasteiger partial charge in [0.25, 0.3) is 0 Å². The predicted molar refractivity (Wildman–Crippen MR) is 77.4 cm³/mol. The van der Waals surface area contributed by atoms with Crippen LogP contribution in [-0.2, 0) is 14.4 Å². The second-order valence-electron chi connectivity index (χ2n) is 2.94. The molecule has 0 aliphatic rings. The monoisotopic (exact) mass is 318 g/mol. The molecule has 0 amide bonds. The van der Waals surface area contributed by atoms with Crippen LogP contribution in [0.15, 0.2) is 68.3 Å². The van der Waals surface area contributed by atoms with Gasteiger partial charge in [-0.3, -0.25) is 0 Å². The number of benzene rings is 1. The standard InChI is InChI=1S/C6H5Si.3C3H4O2/c7-6-4-2-1-3-5-6;3*1-2-3(4)5/h1-5H;3*2H,1H2,(H,4,5)/q+3;;;/p-3. The molecule has 1 rings (SSSR count). The Hall–Kier alpha value is -2.93. The van der Waals surface area contributed by atoms with Crippen LogP contribution in [-0.4, -0.2) is 28.2 Å². The third-order valence-electron chi connectivity index (χ3n) is 1.27. The topological polar surface area (TPSA) is 120 Å². The molecule has 0 radical (unpaired) electrons. The first-order valence-electron chi connectivity index (χ1n) is 5.48. The fourth-order valence-electron chi connectivity index (χ4n) is 0.438. The number of aliphatic carboxylic acids is 3. The summed E-state index contributed by atoms with van der Waals surface area (Å²) in [6, 6.07) is 9.96. The van der Waals surface area contributed by atoms with Crippen LogP contribution in [0.5, 0.6) is 0 Å². The van der Waals surface area contributed by atoms with E-state index in [-0.39, 0.29) is 0 Å². The number of carboxylic acid groups (broad SMARTS) is 3. The number of hydrogen-bond acceptors (Lipinski definition) is 6. The molecule has 0 atom stereocenters. The normalized spacial score (nSPS) is 7.18. The van der Waals surface area contributed by atoms with E-state index >= 15 is 0 Å². The summed E-state index contributed by atoms with van der Waals surface area (Å²) in [6.45, 7) is 8.69. The fourth-order valence-corrected chi connectivity index (χ4v) is 0.631. The Labute approximate surface area is 132 Å². The third kappa shape index (κ3) is 36.0. The molecule has 0 N–H and O–H groups in total. The molecule has 0 fully saturated rings. The Bertz CT molecular complexity index is 439. The van der Waals surface area contributed by atoms with E-state index in [0.29, 0.717) is 0 Å². The molecule has 1 aromatic carbocycles. The average Bonchev–Trinajstić information content (AvgIpc) is 2.49. The molecule has 114 valence electrons. The van der Waals surface area contributed by atoms with Crippen molar-refractivity contribution in [3.05, 3.63) is 68.3 Å². The molecule has 6 nitrogen and oxygen atoms in total. The Kier molecular flexibility index (Phi) is 19.8. The summed E-state index contributed by atoms with van der Waals surface area (Å²) in [5, 5.41) is 28.5. The first kappa shape index (κ1) is 24.1. The Morgan fingerprint density at radius 2 is 1.00 bits per heavy atom. The van der Waals surface area contributed by atoms with Gasteiger partial charge in [0.2, 0.25) is 0 Å². The van der Waals surface area contributed by atoms with Crippen molar-refractivity contribution in [1.82, 2.24) is 0 Å². The zero-order valence-corrected chi connectivity index (χ0v) is 12.7. The van der Waals surface area contributed by atoms with E-state index < -0.39 is 17.9 Å². The molecular weight excluding hydrogens is 304 g/mol. The molecule has 7 heteroatoms. The number of carbonyl (C=O) groups excluding carboxylic acids is 3. The molecule has 0 saturated carbocycles. The van der Waals surface area contributed by atoms with Crippen LogP contribution in [0.4, 0.5) is 0 Å². The van der Waals surface area contributed by atoms with Gasteiger partial charge in [0, 0.05) is 0 Å². The van der Waals surface area contributed by atoms with Crippen molar-refractivity contribution in [2.75, 3.05) is 0 Å². The van der Waals surface area contributed by atoms with Gasteiger partial charge in [0.05, 0.1) is 17.9 Å². The van der Waals surface area contributed by atoms with E-state index in [1.807, 2.05) is 30.3 Å². The van der Waals surface area contributed by atoms with Crippen LogP contribution in [0.25, 0.3) is 0 Å². The van der Waals surface area contributed by atoms with Crippen molar-refractivity contribution in [1.29, 1.82) is 0 Å². The molecule has 0 unspecified atom stereocenters. The van der Waals surface area contributed by atoms with Crippen LogP contribution in [0.2, 0.25) is 0 Å². The third-order valence-corrected chi connectivity index (χ3v) is 1.61. The first-order chi connectivity index (χ1) is 10.2. The Morgan fingerprint density at radius 3 is 1.09 bits per heavy atom. The summed E-state index contributed by atoms with van der Waals surface area (Å²) in [5.74, 6) is -3.69. The molecule has 0 heterocycles. The predicted octanol–water partition coefficient (Wildman–Crippen LogP) is -2.75. The zero-order valence-electron chi connectivity index (χ0n) is 11.7. The van der Waals surface area contributed by atoms with Gasteiger partial charge < -0.3 is 29.7 Å². The Balaban J connectivity index is -0.000000223. The van der Waals surface area contributed by atoms with Gasteiger partial charge in [-0.15, -0.1) is 0 Å². The SMILES string of the molecule is C=CC(=O)[O-].C=CC(=O)[O-].C=CC(=O)[O-].[Si+3]c1ccccc1. The summed E-state index contributed by atoms with van der Waals surface area (Å²) in [6.07, 6.45) is 2.17. The van der Waals surface area contributed by atoms with Crippen molar-refractivity contribution in [3.63, 3.8) is 0 Å². The molecular formula is C15H14O6Si. The van der Waals surface area contributed by atoms with E-state index in [1.54, 1.807) is 0 Å². The number of rotatable bonds is 3. The molecule has 0 saturated heterocycles. The molecule has 0 aromatic heterocycles. The van der Waals surface area contributed by atoms with E-state index in [2.05, 4.69) is 30.0 Å². The molecule has 0 bridgehead atoms. The van der Waals surface area contributed by atoms with Gasteiger partial charge in [-0.1, -0.05) is 19.7 Å². The first-order valence-corrected chi connectivity index (χ1v) is 5.98. The fraction of sp³-hybridized carbons (Fsp3) is 0. The van der Waals surface area contributed by atoms with E-state index in [9.17, 15) is 0 Å². The quantitative estimate of drug-likeness (QED) is 0.440. The van der Waals surface area contributed by atoms with E-state index in [1.165, 1.54) is 0 Å². The second kappa shape index (κ2) is 18.1. The van der Waals surface area contributed by atoms with Crippen molar-refractivity contribution in [3.8, 4) is 0 Å². The van der Waals surface area contributed by atoms with Gasteiger partial charge in [-0.05, 0) is 18.2 Å². The maximum absolute atomic E-state index is 9.14. The number of hydrogen-bond donors (Lipinski definition) is 0. The van der Waals surface area contributed by atoms with Gasteiger partial charge in [-0.25, -0.2) is 0 Å². The molecule has 0 spiro atoms.